The van der Waals surface area contributed by atoms with Gasteiger partial charge in [0, 0.05) is 29.9 Å². The average molecular weight is 465 g/mol. The summed E-state index contributed by atoms with van der Waals surface area (Å²) in [6, 6.07) is 10.5. The molecule has 7 nitrogen and oxygen atoms in total. The average Bonchev–Trinajstić information content (AvgIpc) is 3.05. The van der Waals surface area contributed by atoms with Crippen molar-refractivity contribution in [1.29, 1.82) is 0 Å². The number of aromatic nitrogens is 3. The Morgan fingerprint density at radius 2 is 1.73 bits per heavy atom. The second-order valence-electron chi connectivity index (χ2n) is 6.95. The third-order valence-corrected chi connectivity index (χ3v) is 7.88. The van der Waals surface area contributed by atoms with E-state index in [9.17, 15) is 8.42 Å². The van der Waals surface area contributed by atoms with Crippen LogP contribution in [0.15, 0.2) is 56.9 Å². The van der Waals surface area contributed by atoms with Crippen molar-refractivity contribution in [1.82, 2.24) is 19.5 Å². The maximum absolute atomic E-state index is 12.8. The molecule has 0 amide bonds. The minimum Gasteiger partial charge on any atom is -0.420 e. The van der Waals surface area contributed by atoms with E-state index in [1.54, 1.807) is 28.6 Å². The van der Waals surface area contributed by atoms with Gasteiger partial charge in [-0.05, 0) is 49.2 Å². The molecule has 0 aliphatic carbocycles. The van der Waals surface area contributed by atoms with Gasteiger partial charge in [0.25, 0.3) is 0 Å². The number of halogens is 1. The number of benzene rings is 1. The van der Waals surface area contributed by atoms with Crippen molar-refractivity contribution < 1.29 is 12.8 Å². The first-order chi connectivity index (χ1) is 14.5. The molecule has 3 aromatic rings. The summed E-state index contributed by atoms with van der Waals surface area (Å²) in [6.45, 7) is 1.15. The molecule has 2 aromatic heterocycles. The maximum atomic E-state index is 12.8. The van der Waals surface area contributed by atoms with E-state index in [4.69, 9.17) is 16.0 Å². The lowest BCUT2D eigenvalue weighted by molar-refractivity contribution is 0.423. The normalized spacial score (nSPS) is 15.8. The first-order valence-corrected chi connectivity index (χ1v) is 12.5. The Morgan fingerprint density at radius 1 is 1.00 bits per heavy atom. The van der Waals surface area contributed by atoms with Gasteiger partial charge in [0.2, 0.25) is 21.8 Å². The van der Waals surface area contributed by atoms with Crippen LogP contribution in [0.25, 0.3) is 11.5 Å². The molecular formula is C20H21ClN4O3S2. The van der Waals surface area contributed by atoms with Gasteiger partial charge in [0.15, 0.2) is 0 Å². The van der Waals surface area contributed by atoms with E-state index in [0.717, 1.165) is 31.2 Å². The zero-order valence-corrected chi connectivity index (χ0v) is 18.6. The van der Waals surface area contributed by atoms with Crippen LogP contribution < -0.4 is 0 Å². The molecule has 0 saturated carbocycles. The van der Waals surface area contributed by atoms with Gasteiger partial charge in [-0.3, -0.25) is 0 Å². The lowest BCUT2D eigenvalue weighted by Crippen LogP contribution is -2.32. The lowest BCUT2D eigenvalue weighted by Gasteiger charge is -2.19. The number of thioether (sulfide) groups is 1. The molecular weight excluding hydrogens is 444 g/mol. The second kappa shape index (κ2) is 9.47. The summed E-state index contributed by atoms with van der Waals surface area (Å²) in [5.41, 5.74) is 0.796. The highest BCUT2D eigenvalue weighted by Crippen LogP contribution is 2.26. The van der Waals surface area contributed by atoms with Crippen molar-refractivity contribution in [3.05, 3.63) is 53.5 Å². The van der Waals surface area contributed by atoms with E-state index in [2.05, 4.69) is 15.2 Å². The number of hydrogen-bond acceptors (Lipinski definition) is 7. The highest BCUT2D eigenvalue weighted by Gasteiger charge is 2.25. The summed E-state index contributed by atoms with van der Waals surface area (Å²) in [6.07, 6.45) is 5.39. The van der Waals surface area contributed by atoms with Crippen LogP contribution in [0.5, 0.6) is 0 Å². The summed E-state index contributed by atoms with van der Waals surface area (Å²) in [4.78, 5) is 4.54. The monoisotopic (exact) mass is 464 g/mol. The van der Waals surface area contributed by atoms with Gasteiger partial charge < -0.3 is 4.42 Å². The standard InChI is InChI=1S/C20H21ClN4O3S2/c21-16-7-5-15(6-8-16)20-24-23-18(28-20)14-29-19-10-9-17(13-22-19)30(26,27)25-11-3-1-2-4-12-25/h5-10,13H,1-4,11-12,14H2. The van der Waals surface area contributed by atoms with Gasteiger partial charge in [0.1, 0.15) is 4.90 Å². The second-order valence-corrected chi connectivity index (χ2v) is 10.3. The minimum absolute atomic E-state index is 0.233. The van der Waals surface area contributed by atoms with Crippen molar-refractivity contribution in [3.63, 3.8) is 0 Å². The van der Waals surface area contributed by atoms with Crippen LogP contribution in [0.3, 0.4) is 0 Å². The molecule has 3 heterocycles. The third kappa shape index (κ3) is 5.03. The molecule has 1 aromatic carbocycles. The van der Waals surface area contributed by atoms with Crippen LogP contribution in [-0.4, -0.2) is 41.0 Å². The quantitative estimate of drug-likeness (QED) is 0.491. The van der Waals surface area contributed by atoms with Crippen LogP contribution in [-0.2, 0) is 15.8 Å². The Hall–Kier alpha value is -1.94. The van der Waals surface area contributed by atoms with Gasteiger partial charge in [-0.1, -0.05) is 36.2 Å². The molecule has 0 radical (unpaired) electrons. The zero-order valence-electron chi connectivity index (χ0n) is 16.2. The van der Waals surface area contributed by atoms with E-state index in [-0.39, 0.29) is 4.90 Å². The highest BCUT2D eigenvalue weighted by atomic mass is 35.5. The Balaban J connectivity index is 1.39. The number of pyridine rings is 1. The molecule has 0 spiro atoms. The summed E-state index contributed by atoms with van der Waals surface area (Å²) in [5, 5.41) is 9.44. The molecule has 0 bridgehead atoms. The largest absolute Gasteiger partial charge is 0.420 e. The molecule has 158 valence electrons. The summed E-state index contributed by atoms with van der Waals surface area (Å²) in [7, 11) is -3.49. The molecule has 4 rings (SSSR count). The number of rotatable bonds is 6. The number of nitrogens with zero attached hydrogens (tertiary/aromatic N) is 4. The summed E-state index contributed by atoms with van der Waals surface area (Å²) >= 11 is 7.30. The van der Waals surface area contributed by atoms with Crippen LogP contribution in [0.1, 0.15) is 31.6 Å². The minimum atomic E-state index is -3.49. The van der Waals surface area contributed by atoms with Gasteiger partial charge >= 0.3 is 0 Å². The maximum Gasteiger partial charge on any atom is 0.247 e. The smallest absolute Gasteiger partial charge is 0.247 e. The summed E-state index contributed by atoms with van der Waals surface area (Å²) in [5.74, 6) is 1.33. The van der Waals surface area contributed by atoms with Crippen LogP contribution in [0, 0.1) is 0 Å². The Labute approximate surface area is 184 Å². The van der Waals surface area contributed by atoms with Crippen molar-refractivity contribution in [2.24, 2.45) is 0 Å². The molecule has 1 aliphatic heterocycles. The fourth-order valence-corrected chi connectivity index (χ4v) is 5.46. The highest BCUT2D eigenvalue weighted by molar-refractivity contribution is 7.98. The molecule has 30 heavy (non-hydrogen) atoms. The van der Waals surface area contributed by atoms with Gasteiger partial charge in [-0.15, -0.1) is 10.2 Å². The van der Waals surface area contributed by atoms with E-state index >= 15 is 0 Å². The molecule has 1 fully saturated rings. The lowest BCUT2D eigenvalue weighted by atomic mass is 10.2. The first kappa shape index (κ1) is 21.3. The van der Waals surface area contributed by atoms with Crippen molar-refractivity contribution in [2.45, 2.75) is 41.4 Å². The molecule has 10 heteroatoms. The van der Waals surface area contributed by atoms with Crippen LogP contribution in [0.4, 0.5) is 0 Å². The van der Waals surface area contributed by atoms with Gasteiger partial charge in [0.05, 0.1) is 10.8 Å². The van der Waals surface area contributed by atoms with Crippen molar-refractivity contribution >= 4 is 33.4 Å². The number of sulfonamides is 1. The fraction of sp³-hybridized carbons (Fsp3) is 0.350. The zero-order chi connectivity index (χ0) is 21.0. The first-order valence-electron chi connectivity index (χ1n) is 9.70. The summed E-state index contributed by atoms with van der Waals surface area (Å²) < 4.78 is 32.9. The van der Waals surface area contributed by atoms with E-state index in [0.29, 0.717) is 40.7 Å². The predicted octanol–water partition coefficient (Wildman–Crippen LogP) is 4.64. The van der Waals surface area contributed by atoms with Gasteiger partial charge in [-0.2, -0.15) is 4.31 Å². The topological polar surface area (TPSA) is 89.2 Å². The third-order valence-electron chi connectivity index (χ3n) is 4.81. The molecule has 1 aliphatic rings. The number of hydrogen-bond donors (Lipinski definition) is 0. The Morgan fingerprint density at radius 3 is 2.40 bits per heavy atom. The van der Waals surface area contributed by atoms with Crippen LogP contribution in [0.2, 0.25) is 5.02 Å². The fourth-order valence-electron chi connectivity index (χ4n) is 3.19. The van der Waals surface area contributed by atoms with Crippen molar-refractivity contribution in [2.75, 3.05) is 13.1 Å². The Kier molecular flexibility index (Phi) is 6.72. The van der Waals surface area contributed by atoms with E-state index in [1.165, 1.54) is 18.0 Å². The van der Waals surface area contributed by atoms with E-state index in [1.807, 2.05) is 12.1 Å². The van der Waals surface area contributed by atoms with E-state index < -0.39 is 10.0 Å². The molecule has 0 unspecified atom stereocenters. The predicted molar refractivity (Wildman–Crippen MR) is 116 cm³/mol. The molecule has 0 N–H and O–H groups in total. The van der Waals surface area contributed by atoms with Gasteiger partial charge in [-0.25, -0.2) is 13.4 Å². The SMILES string of the molecule is O=S(=O)(c1ccc(SCc2nnc(-c3ccc(Cl)cc3)o2)nc1)N1CCCCCC1. The molecule has 1 saturated heterocycles. The Bertz CT molecular complexity index is 1080. The van der Waals surface area contributed by atoms with Crippen LogP contribution >= 0.6 is 23.4 Å². The molecule has 0 atom stereocenters. The van der Waals surface area contributed by atoms with Crippen molar-refractivity contribution in [3.8, 4) is 11.5 Å².